The lowest BCUT2D eigenvalue weighted by Gasteiger charge is -2.14. The molecule has 0 unspecified atom stereocenters. The second kappa shape index (κ2) is 7.07. The smallest absolute Gasteiger partial charge is 0.321 e. The minimum Gasteiger partial charge on any atom is -0.481 e. The topological polar surface area (TPSA) is 130 Å². The van der Waals surface area contributed by atoms with Crippen molar-refractivity contribution in [3.63, 3.8) is 0 Å². The first-order chi connectivity index (χ1) is 7.38. The molecule has 92 valence electrons. The van der Waals surface area contributed by atoms with Crippen LogP contribution in [0.5, 0.6) is 0 Å². The molecule has 5 N–H and O–H groups in total. The van der Waals surface area contributed by atoms with E-state index in [1.807, 2.05) is 0 Å². The third-order valence-electron chi connectivity index (χ3n) is 1.69. The molecule has 0 radical (unpaired) electrons. The van der Waals surface area contributed by atoms with Gasteiger partial charge in [0, 0.05) is 12.8 Å². The Morgan fingerprint density at radius 2 is 1.94 bits per heavy atom. The molecule has 7 nitrogen and oxygen atoms in total. The summed E-state index contributed by atoms with van der Waals surface area (Å²) >= 11 is 0.920. The van der Waals surface area contributed by atoms with Gasteiger partial charge in [0.05, 0.1) is 11.7 Å². The molecule has 0 saturated heterocycles. The number of rotatable bonds is 7. The standard InChI is InChI=1S/C8H14N2O5S/c1-10-7(13)5(2-6(11)12)16-3-4(9)8(14)15/h4-5H,2-3,9H2,1H3,(H,10,13)(H,11,12)(H,14,15)/t4-,5+/m0/s1. The van der Waals surface area contributed by atoms with E-state index >= 15 is 0 Å². The van der Waals surface area contributed by atoms with Crippen molar-refractivity contribution in [3.8, 4) is 0 Å². The third-order valence-corrected chi connectivity index (χ3v) is 3.03. The van der Waals surface area contributed by atoms with E-state index in [1.54, 1.807) is 0 Å². The van der Waals surface area contributed by atoms with Crippen LogP contribution >= 0.6 is 11.8 Å². The summed E-state index contributed by atoms with van der Waals surface area (Å²) in [7, 11) is 1.38. The molecule has 0 saturated carbocycles. The number of hydrogen-bond donors (Lipinski definition) is 4. The number of aliphatic carboxylic acids is 2. The van der Waals surface area contributed by atoms with Crippen LogP contribution in [0.2, 0.25) is 0 Å². The minimum atomic E-state index is -1.18. The number of nitrogens with one attached hydrogen (secondary N) is 1. The maximum absolute atomic E-state index is 11.2. The minimum absolute atomic E-state index is 0.0132. The third kappa shape index (κ3) is 5.56. The molecular formula is C8H14N2O5S. The van der Waals surface area contributed by atoms with E-state index in [1.165, 1.54) is 7.05 Å². The quantitative estimate of drug-likeness (QED) is 0.442. The van der Waals surface area contributed by atoms with E-state index < -0.39 is 29.1 Å². The average molecular weight is 250 g/mol. The molecule has 0 spiro atoms. The van der Waals surface area contributed by atoms with Gasteiger partial charge in [0.1, 0.15) is 6.04 Å². The Kier molecular flexibility index (Phi) is 6.50. The van der Waals surface area contributed by atoms with Crippen molar-refractivity contribution in [1.82, 2.24) is 5.32 Å². The van der Waals surface area contributed by atoms with Gasteiger partial charge in [-0.15, -0.1) is 11.8 Å². The molecule has 2 atom stereocenters. The zero-order valence-corrected chi connectivity index (χ0v) is 9.49. The van der Waals surface area contributed by atoms with Crippen LogP contribution < -0.4 is 11.1 Å². The number of carboxylic acids is 2. The normalized spacial score (nSPS) is 13.9. The van der Waals surface area contributed by atoms with Crippen molar-refractivity contribution in [2.75, 3.05) is 12.8 Å². The molecule has 0 aliphatic rings. The van der Waals surface area contributed by atoms with Crippen LogP contribution in [0.15, 0.2) is 0 Å². The molecule has 0 aliphatic heterocycles. The number of hydrogen-bond acceptors (Lipinski definition) is 5. The fraction of sp³-hybridized carbons (Fsp3) is 0.625. The van der Waals surface area contributed by atoms with Crippen LogP contribution in [-0.2, 0) is 14.4 Å². The van der Waals surface area contributed by atoms with Crippen molar-refractivity contribution in [2.24, 2.45) is 5.73 Å². The van der Waals surface area contributed by atoms with Crippen LogP contribution in [0.1, 0.15) is 6.42 Å². The Labute approximate surface area is 96.4 Å². The number of amides is 1. The fourth-order valence-electron chi connectivity index (χ4n) is 0.838. The monoisotopic (exact) mass is 250 g/mol. The van der Waals surface area contributed by atoms with Crippen LogP contribution in [0, 0.1) is 0 Å². The van der Waals surface area contributed by atoms with Gasteiger partial charge in [-0.2, -0.15) is 0 Å². The number of carbonyl (C=O) groups is 3. The molecule has 8 heteroatoms. The largest absolute Gasteiger partial charge is 0.481 e. The van der Waals surface area contributed by atoms with E-state index in [4.69, 9.17) is 15.9 Å². The van der Waals surface area contributed by atoms with Gasteiger partial charge in [-0.3, -0.25) is 14.4 Å². The lowest BCUT2D eigenvalue weighted by molar-refractivity contribution is -0.138. The zero-order valence-electron chi connectivity index (χ0n) is 8.67. The van der Waals surface area contributed by atoms with Gasteiger partial charge in [0.2, 0.25) is 5.91 Å². The second-order valence-electron chi connectivity index (χ2n) is 2.98. The molecule has 16 heavy (non-hydrogen) atoms. The summed E-state index contributed by atoms with van der Waals surface area (Å²) in [5.41, 5.74) is 5.24. The van der Waals surface area contributed by atoms with Gasteiger partial charge in [0.15, 0.2) is 0 Å². The van der Waals surface area contributed by atoms with Crippen LogP contribution in [0.3, 0.4) is 0 Å². The number of carboxylic acid groups (broad SMARTS) is 2. The first-order valence-corrected chi connectivity index (χ1v) is 5.46. The summed E-state index contributed by atoms with van der Waals surface area (Å²) in [5, 5.41) is 18.6. The molecule has 0 aromatic rings. The summed E-state index contributed by atoms with van der Waals surface area (Å²) in [6, 6.07) is -1.11. The van der Waals surface area contributed by atoms with Gasteiger partial charge < -0.3 is 21.3 Å². The molecule has 0 rings (SSSR count). The van der Waals surface area contributed by atoms with Crippen molar-refractivity contribution >= 4 is 29.6 Å². The van der Waals surface area contributed by atoms with Crippen molar-refractivity contribution < 1.29 is 24.6 Å². The molecule has 0 bridgehead atoms. The Morgan fingerprint density at radius 1 is 1.38 bits per heavy atom. The van der Waals surface area contributed by atoms with E-state index in [9.17, 15) is 14.4 Å². The number of nitrogens with two attached hydrogens (primary N) is 1. The summed E-state index contributed by atoms with van der Waals surface area (Å²) in [4.78, 5) is 32.1. The SMILES string of the molecule is CNC(=O)[C@@H](CC(=O)O)SC[C@H](N)C(=O)O. The highest BCUT2D eigenvalue weighted by atomic mass is 32.2. The van der Waals surface area contributed by atoms with E-state index in [0.29, 0.717) is 0 Å². The van der Waals surface area contributed by atoms with Gasteiger partial charge >= 0.3 is 11.9 Å². The average Bonchev–Trinajstić information content (AvgIpc) is 2.21. The molecule has 0 aromatic heterocycles. The maximum Gasteiger partial charge on any atom is 0.321 e. The van der Waals surface area contributed by atoms with Gasteiger partial charge in [-0.05, 0) is 0 Å². The van der Waals surface area contributed by atoms with Gasteiger partial charge in [0.25, 0.3) is 0 Å². The Hall–Kier alpha value is -1.28. The Bertz CT molecular complexity index is 284. The van der Waals surface area contributed by atoms with E-state index in [0.717, 1.165) is 11.8 Å². The molecule has 0 aliphatic carbocycles. The highest BCUT2D eigenvalue weighted by molar-refractivity contribution is 8.00. The van der Waals surface area contributed by atoms with Crippen molar-refractivity contribution in [3.05, 3.63) is 0 Å². The molecule has 1 amide bonds. The Balaban J connectivity index is 4.27. The zero-order chi connectivity index (χ0) is 12.7. The van der Waals surface area contributed by atoms with Crippen LogP contribution in [-0.4, -0.2) is 52.2 Å². The van der Waals surface area contributed by atoms with E-state index in [-0.39, 0.29) is 12.2 Å². The molecule has 0 aromatic carbocycles. The highest BCUT2D eigenvalue weighted by Crippen LogP contribution is 2.15. The fourth-order valence-corrected chi connectivity index (χ4v) is 1.95. The second-order valence-corrected chi connectivity index (χ2v) is 4.21. The van der Waals surface area contributed by atoms with Crippen LogP contribution in [0.4, 0.5) is 0 Å². The summed E-state index contributed by atoms with van der Waals surface area (Å²) < 4.78 is 0. The number of carbonyl (C=O) groups excluding carboxylic acids is 1. The van der Waals surface area contributed by atoms with Gasteiger partial charge in [-0.1, -0.05) is 0 Å². The molecule has 0 fully saturated rings. The maximum atomic E-state index is 11.2. The first-order valence-electron chi connectivity index (χ1n) is 4.41. The van der Waals surface area contributed by atoms with Crippen molar-refractivity contribution in [2.45, 2.75) is 17.7 Å². The highest BCUT2D eigenvalue weighted by Gasteiger charge is 2.23. The van der Waals surface area contributed by atoms with E-state index in [2.05, 4.69) is 5.32 Å². The summed E-state index contributed by atoms with van der Waals surface area (Å²) in [6.07, 6.45) is -0.364. The lowest BCUT2D eigenvalue weighted by atomic mass is 10.3. The van der Waals surface area contributed by atoms with Gasteiger partial charge in [-0.25, -0.2) is 0 Å². The predicted octanol–water partition coefficient (Wildman–Crippen LogP) is -1.28. The first kappa shape index (κ1) is 14.7. The Morgan fingerprint density at radius 3 is 2.31 bits per heavy atom. The number of thioether (sulfide) groups is 1. The lowest BCUT2D eigenvalue weighted by Crippen LogP contribution is -2.36. The van der Waals surface area contributed by atoms with Crippen molar-refractivity contribution in [1.29, 1.82) is 0 Å². The van der Waals surface area contributed by atoms with Crippen LogP contribution in [0.25, 0.3) is 0 Å². The molecular weight excluding hydrogens is 236 g/mol. The summed E-state index contributed by atoms with van der Waals surface area (Å²) in [5.74, 6) is -2.77. The predicted molar refractivity (Wildman–Crippen MR) is 58.2 cm³/mol. The molecule has 0 heterocycles. The summed E-state index contributed by atoms with van der Waals surface area (Å²) in [6.45, 7) is 0.